The van der Waals surface area contributed by atoms with Crippen molar-refractivity contribution < 1.29 is 0 Å². The Morgan fingerprint density at radius 3 is 2.77 bits per heavy atom. The quantitative estimate of drug-likeness (QED) is 0.886. The minimum absolute atomic E-state index is 0.637. The molecule has 0 spiro atoms. The molecule has 2 rings (SSSR count). The largest absolute Gasteiger partial charge is 0.381 e. The first-order valence-electron chi connectivity index (χ1n) is 4.05. The van der Waals surface area contributed by atoms with Gasteiger partial charge in [0.15, 0.2) is 0 Å². The van der Waals surface area contributed by atoms with E-state index in [1.165, 1.54) is 11.5 Å². The van der Waals surface area contributed by atoms with Gasteiger partial charge in [-0.2, -0.15) is 11.8 Å². The van der Waals surface area contributed by atoms with Crippen LogP contribution in [0, 0.1) is 0 Å². The molecular formula is C9H9BrClNS. The van der Waals surface area contributed by atoms with Crippen LogP contribution in [0.15, 0.2) is 22.7 Å². The molecular weight excluding hydrogens is 270 g/mol. The maximum absolute atomic E-state index is 5.89. The summed E-state index contributed by atoms with van der Waals surface area (Å²) in [5.74, 6) is 2.42. The molecule has 0 radical (unpaired) electrons. The van der Waals surface area contributed by atoms with Gasteiger partial charge in [0.25, 0.3) is 0 Å². The molecule has 0 amide bonds. The molecule has 4 heteroatoms. The van der Waals surface area contributed by atoms with Crippen LogP contribution < -0.4 is 5.32 Å². The van der Waals surface area contributed by atoms with Crippen LogP contribution in [0.5, 0.6) is 0 Å². The third-order valence-corrected chi connectivity index (χ3v) is 4.42. The van der Waals surface area contributed by atoms with Crippen molar-refractivity contribution in [2.75, 3.05) is 16.8 Å². The fraction of sp³-hybridized carbons (Fsp3) is 0.333. The van der Waals surface area contributed by atoms with Gasteiger partial charge in [-0.25, -0.2) is 0 Å². The fourth-order valence-corrected chi connectivity index (χ4v) is 2.28. The average Bonchev–Trinajstić information content (AvgIpc) is 2.04. The van der Waals surface area contributed by atoms with Crippen molar-refractivity contribution >= 4 is 45.0 Å². The molecule has 1 aromatic rings. The molecule has 0 atom stereocenters. The van der Waals surface area contributed by atoms with E-state index in [0.29, 0.717) is 6.04 Å². The lowest BCUT2D eigenvalue weighted by molar-refractivity contribution is 0.882. The van der Waals surface area contributed by atoms with Crippen molar-refractivity contribution in [2.24, 2.45) is 0 Å². The number of hydrogen-bond donors (Lipinski definition) is 1. The molecule has 1 saturated heterocycles. The summed E-state index contributed by atoms with van der Waals surface area (Å²) in [5.41, 5.74) is 1.14. The predicted octanol–water partition coefficient (Wildman–Crippen LogP) is 3.63. The Hall–Kier alpha value is 0.140. The number of thioether (sulfide) groups is 1. The van der Waals surface area contributed by atoms with Gasteiger partial charge in [0.05, 0.1) is 5.02 Å². The van der Waals surface area contributed by atoms with E-state index in [4.69, 9.17) is 11.6 Å². The van der Waals surface area contributed by atoms with Crippen molar-refractivity contribution in [2.45, 2.75) is 6.04 Å². The molecule has 0 saturated carbocycles. The topological polar surface area (TPSA) is 12.0 Å². The number of benzene rings is 1. The lowest BCUT2D eigenvalue weighted by Crippen LogP contribution is -2.33. The predicted molar refractivity (Wildman–Crippen MR) is 63.9 cm³/mol. The third kappa shape index (κ3) is 2.33. The van der Waals surface area contributed by atoms with Gasteiger partial charge < -0.3 is 5.32 Å². The highest BCUT2D eigenvalue weighted by Gasteiger charge is 2.17. The Bertz CT molecular complexity index is 314. The van der Waals surface area contributed by atoms with Crippen LogP contribution in [0.4, 0.5) is 5.69 Å². The molecule has 13 heavy (non-hydrogen) atoms. The standard InChI is InChI=1S/C9H9BrClNS/c10-8-3-6(1-2-9(8)11)12-7-4-13-5-7/h1-3,7,12H,4-5H2. The third-order valence-electron chi connectivity index (χ3n) is 1.93. The van der Waals surface area contributed by atoms with Crippen LogP contribution in [0.2, 0.25) is 5.02 Å². The van der Waals surface area contributed by atoms with Crippen molar-refractivity contribution in [1.82, 2.24) is 0 Å². The van der Waals surface area contributed by atoms with Crippen molar-refractivity contribution in [1.29, 1.82) is 0 Å². The maximum Gasteiger partial charge on any atom is 0.0549 e. The molecule has 0 unspecified atom stereocenters. The van der Waals surface area contributed by atoms with E-state index in [0.717, 1.165) is 15.2 Å². The zero-order valence-corrected chi connectivity index (χ0v) is 10.0. The first-order chi connectivity index (χ1) is 6.25. The fourth-order valence-electron chi connectivity index (χ4n) is 1.14. The summed E-state index contributed by atoms with van der Waals surface area (Å²) in [7, 11) is 0. The molecule has 1 nitrogen and oxygen atoms in total. The van der Waals surface area contributed by atoms with E-state index in [1.807, 2.05) is 30.0 Å². The summed E-state index contributed by atoms with van der Waals surface area (Å²) < 4.78 is 0.950. The van der Waals surface area contributed by atoms with E-state index in [1.54, 1.807) is 0 Å². The molecule has 0 bridgehead atoms. The maximum atomic E-state index is 5.89. The zero-order valence-electron chi connectivity index (χ0n) is 6.89. The summed E-state index contributed by atoms with van der Waals surface area (Å²) in [4.78, 5) is 0. The van der Waals surface area contributed by atoms with Crippen LogP contribution in [-0.4, -0.2) is 17.5 Å². The van der Waals surface area contributed by atoms with E-state index in [2.05, 4.69) is 21.2 Å². The molecule has 1 N–H and O–H groups in total. The minimum atomic E-state index is 0.637. The summed E-state index contributed by atoms with van der Waals surface area (Å²) in [5, 5.41) is 4.19. The lowest BCUT2D eigenvalue weighted by Gasteiger charge is -2.27. The van der Waals surface area contributed by atoms with Gasteiger partial charge in [-0.15, -0.1) is 0 Å². The highest BCUT2D eigenvalue weighted by molar-refractivity contribution is 9.10. The van der Waals surface area contributed by atoms with Gasteiger partial charge in [-0.3, -0.25) is 0 Å². The van der Waals surface area contributed by atoms with Crippen molar-refractivity contribution in [3.63, 3.8) is 0 Å². The van der Waals surface area contributed by atoms with Gasteiger partial charge in [-0.05, 0) is 34.1 Å². The van der Waals surface area contributed by atoms with Crippen LogP contribution in [0.25, 0.3) is 0 Å². The number of anilines is 1. The Morgan fingerprint density at radius 2 is 2.23 bits per heavy atom. The Kier molecular flexibility index (Phi) is 3.06. The van der Waals surface area contributed by atoms with E-state index in [9.17, 15) is 0 Å². The second kappa shape index (κ2) is 4.11. The molecule has 1 fully saturated rings. The molecule has 70 valence electrons. The van der Waals surface area contributed by atoms with Gasteiger partial charge in [0.2, 0.25) is 0 Å². The molecule has 0 aliphatic carbocycles. The monoisotopic (exact) mass is 277 g/mol. The van der Waals surface area contributed by atoms with Gasteiger partial charge in [0, 0.05) is 27.7 Å². The Morgan fingerprint density at radius 1 is 1.46 bits per heavy atom. The van der Waals surface area contributed by atoms with Crippen LogP contribution in [0.3, 0.4) is 0 Å². The second-order valence-electron chi connectivity index (χ2n) is 3.01. The first-order valence-corrected chi connectivity index (χ1v) is 6.37. The van der Waals surface area contributed by atoms with Gasteiger partial charge in [0.1, 0.15) is 0 Å². The number of halogens is 2. The number of hydrogen-bond acceptors (Lipinski definition) is 2. The molecule has 0 aromatic heterocycles. The van der Waals surface area contributed by atoms with Crippen LogP contribution >= 0.6 is 39.3 Å². The highest BCUT2D eigenvalue weighted by Crippen LogP contribution is 2.28. The summed E-state index contributed by atoms with van der Waals surface area (Å²) in [6, 6.07) is 6.57. The second-order valence-corrected chi connectivity index (χ2v) is 5.34. The average molecular weight is 279 g/mol. The van der Waals surface area contributed by atoms with Crippen molar-refractivity contribution in [3.8, 4) is 0 Å². The van der Waals surface area contributed by atoms with E-state index >= 15 is 0 Å². The minimum Gasteiger partial charge on any atom is -0.381 e. The van der Waals surface area contributed by atoms with Crippen molar-refractivity contribution in [3.05, 3.63) is 27.7 Å². The Labute approximate surface area is 95.4 Å². The summed E-state index contributed by atoms with van der Waals surface area (Å²) >= 11 is 11.3. The summed E-state index contributed by atoms with van der Waals surface area (Å²) in [6.45, 7) is 0. The smallest absolute Gasteiger partial charge is 0.0549 e. The first kappa shape index (κ1) is 9.69. The van der Waals surface area contributed by atoms with Crippen LogP contribution in [-0.2, 0) is 0 Å². The number of nitrogens with one attached hydrogen (secondary N) is 1. The molecule has 1 heterocycles. The molecule has 1 aliphatic rings. The Balaban J connectivity index is 2.07. The molecule has 1 aliphatic heterocycles. The van der Waals surface area contributed by atoms with Gasteiger partial charge in [-0.1, -0.05) is 11.6 Å². The van der Waals surface area contributed by atoms with E-state index < -0.39 is 0 Å². The lowest BCUT2D eigenvalue weighted by atomic mass is 10.3. The normalized spacial score (nSPS) is 16.8. The van der Waals surface area contributed by atoms with E-state index in [-0.39, 0.29) is 0 Å². The SMILES string of the molecule is Clc1ccc(NC2CSC2)cc1Br. The zero-order chi connectivity index (χ0) is 9.26. The summed E-state index contributed by atoms with van der Waals surface area (Å²) in [6.07, 6.45) is 0. The van der Waals surface area contributed by atoms with Gasteiger partial charge >= 0.3 is 0 Å². The molecule has 1 aromatic carbocycles. The number of rotatable bonds is 2. The highest BCUT2D eigenvalue weighted by atomic mass is 79.9. The van der Waals surface area contributed by atoms with Crippen LogP contribution in [0.1, 0.15) is 0 Å².